The maximum atomic E-state index is 13.1. The Morgan fingerprint density at radius 1 is 0.778 bits per heavy atom. The number of hydrogen-bond donors (Lipinski definition) is 6. The van der Waals surface area contributed by atoms with Crippen molar-refractivity contribution in [1.29, 1.82) is 0 Å². The lowest BCUT2D eigenvalue weighted by atomic mass is 9.98. The first kappa shape index (κ1) is 54.2. The average Bonchev–Trinajstić information content (AvgIpc) is 3.81. The van der Waals surface area contributed by atoms with Crippen LogP contribution in [0.15, 0.2) is 65.8 Å². The Bertz CT molecular complexity index is 2510. The monoisotopic (exact) mass is 993 g/mol. The number of benzene rings is 3. The Hall–Kier alpha value is -7.10. The fourth-order valence-electron chi connectivity index (χ4n) is 8.61. The molecule has 1 atom stereocenters. The number of anilines is 1. The molecular weight excluding hydrogens is 921 g/mol. The molecule has 21 heteroatoms. The number of aromatic nitrogens is 3. The largest absolute Gasteiger partial charge is 0.507 e. The van der Waals surface area contributed by atoms with Gasteiger partial charge in [-0.25, -0.2) is 0 Å². The molecule has 0 radical (unpaired) electrons. The highest BCUT2D eigenvalue weighted by Gasteiger charge is 2.27. The first-order valence-corrected chi connectivity index (χ1v) is 24.8. The Morgan fingerprint density at radius 3 is 1.89 bits per heavy atom. The van der Waals surface area contributed by atoms with Crippen molar-refractivity contribution in [3.05, 3.63) is 83.2 Å². The maximum absolute atomic E-state index is 13.1. The molecule has 7 N–H and O–H groups in total. The lowest BCUT2D eigenvalue weighted by molar-refractivity contribution is -0.133. The fourth-order valence-corrected chi connectivity index (χ4v) is 8.61. The van der Waals surface area contributed by atoms with Crippen molar-refractivity contribution in [3.63, 3.8) is 0 Å². The van der Waals surface area contributed by atoms with Crippen LogP contribution in [0, 0.1) is 0 Å². The van der Waals surface area contributed by atoms with Crippen LogP contribution in [0.4, 0.5) is 5.69 Å². The number of methoxy groups -OCH3 is 1. The summed E-state index contributed by atoms with van der Waals surface area (Å²) in [4.78, 5) is 72.8. The van der Waals surface area contributed by atoms with Gasteiger partial charge in [0.05, 0.1) is 18.7 Å². The van der Waals surface area contributed by atoms with Crippen molar-refractivity contribution >= 4 is 41.1 Å². The summed E-state index contributed by atoms with van der Waals surface area (Å²) in [7, 11) is 5.06. The summed E-state index contributed by atoms with van der Waals surface area (Å²) in [6.45, 7) is 15.2. The number of rotatable bonds is 20. The van der Waals surface area contributed by atoms with Crippen LogP contribution in [0.1, 0.15) is 80.2 Å². The lowest BCUT2D eigenvalue weighted by Gasteiger charge is -2.35. The van der Waals surface area contributed by atoms with Crippen molar-refractivity contribution in [3.8, 4) is 28.6 Å². The smallest absolute Gasteiger partial charge is 0.289 e. The van der Waals surface area contributed by atoms with Gasteiger partial charge in [0.2, 0.25) is 29.4 Å². The van der Waals surface area contributed by atoms with Gasteiger partial charge >= 0.3 is 0 Å². The number of amides is 5. The number of nitrogens with one attached hydrogen (secondary N) is 4. The molecular formula is C51H72N14O7. The summed E-state index contributed by atoms with van der Waals surface area (Å²) < 4.78 is 7.17. The topological polar surface area (TPSA) is 248 Å². The summed E-state index contributed by atoms with van der Waals surface area (Å²) in [5.41, 5.74) is 11.0. The Kier molecular flexibility index (Phi) is 19.5. The molecule has 1 aromatic heterocycles. The number of nitrogens with zero attached hydrogens (tertiary/aromatic N) is 9. The minimum Gasteiger partial charge on any atom is -0.507 e. The molecule has 0 spiro atoms. The molecule has 2 saturated heterocycles. The lowest BCUT2D eigenvalue weighted by Crippen LogP contribution is -2.49. The van der Waals surface area contributed by atoms with Gasteiger partial charge in [0.15, 0.2) is 5.82 Å². The van der Waals surface area contributed by atoms with Crippen LogP contribution < -0.4 is 31.7 Å². The second-order valence-electron chi connectivity index (χ2n) is 18.5. The molecule has 4 aromatic rings. The summed E-state index contributed by atoms with van der Waals surface area (Å²) in [5.74, 6) is 0.0550. The predicted molar refractivity (Wildman–Crippen MR) is 276 cm³/mol. The Morgan fingerprint density at radius 2 is 1.35 bits per heavy atom. The Balaban J connectivity index is 0.894. The molecule has 0 saturated carbocycles. The average molecular weight is 993 g/mol. The van der Waals surface area contributed by atoms with Gasteiger partial charge in [-0.2, -0.15) is 5.10 Å². The number of phenolic OH excluding ortho intramolecular Hbond substituents is 1. The number of likely N-dealkylation sites (N-methyl/N-ethyl adjacent to an activating group) is 1. The first-order valence-electron chi connectivity index (χ1n) is 24.8. The first-order chi connectivity index (χ1) is 34.6. The Labute approximate surface area is 422 Å². The molecule has 21 nitrogen and oxygen atoms in total. The van der Waals surface area contributed by atoms with E-state index in [1.165, 1.54) is 0 Å². The van der Waals surface area contributed by atoms with Crippen molar-refractivity contribution in [2.24, 2.45) is 10.8 Å². The van der Waals surface area contributed by atoms with E-state index in [-0.39, 0.29) is 72.8 Å². The van der Waals surface area contributed by atoms with Crippen LogP contribution in [0.25, 0.3) is 17.1 Å². The number of ether oxygens (including phenoxy) is 1. The second kappa shape index (κ2) is 25.8. The van der Waals surface area contributed by atoms with Crippen LogP contribution in [-0.4, -0.2) is 179 Å². The van der Waals surface area contributed by atoms with Gasteiger partial charge in [-0.3, -0.25) is 38.3 Å². The van der Waals surface area contributed by atoms with Crippen molar-refractivity contribution in [2.75, 3.05) is 98.5 Å². The van der Waals surface area contributed by atoms with Gasteiger partial charge in [-0.05, 0) is 73.2 Å². The van der Waals surface area contributed by atoms with E-state index in [0.717, 1.165) is 28.9 Å². The van der Waals surface area contributed by atoms with Crippen molar-refractivity contribution in [1.82, 2.24) is 55.3 Å². The molecule has 0 bridgehead atoms. The van der Waals surface area contributed by atoms with Gasteiger partial charge in [0, 0.05) is 129 Å². The number of hydrogen-bond acceptors (Lipinski definition) is 14. The van der Waals surface area contributed by atoms with E-state index >= 15 is 0 Å². The number of aromatic hydroxyl groups is 1. The van der Waals surface area contributed by atoms with Gasteiger partial charge in [-0.15, -0.1) is 10.2 Å². The summed E-state index contributed by atoms with van der Waals surface area (Å²) in [6, 6.07) is 18.1. The number of carbonyl (C=O) groups is 5. The van der Waals surface area contributed by atoms with Crippen LogP contribution in [0.3, 0.4) is 0 Å². The fraction of sp³-hybridized carbons (Fsp3) is 0.490. The van der Waals surface area contributed by atoms with E-state index in [4.69, 9.17) is 10.5 Å². The minimum atomic E-state index is -0.868. The molecule has 6 rings (SSSR count). The zero-order valence-electron chi connectivity index (χ0n) is 42.7. The minimum absolute atomic E-state index is 0.0396. The number of piperazine rings is 2. The SMILES string of the molecule is CCNC(=O)/C(=N/N(C)C)Nc1ccc(CN2CCN(C(=O)CC[C@@H](N)C(=O)NCCC(=O)N3CCN(Cc4ccc(-n5c(C(=O)NCC)nnc5-c5cc(C(C)C)c(OC)cc5O)cc4)CC3)CC2)cc1. The van der Waals surface area contributed by atoms with Crippen LogP contribution >= 0.6 is 0 Å². The number of hydrazone groups is 1. The predicted octanol–water partition coefficient (Wildman–Crippen LogP) is 2.55. The number of phenols is 1. The molecule has 0 aliphatic carbocycles. The van der Waals surface area contributed by atoms with E-state index in [2.05, 4.69) is 46.4 Å². The molecule has 5 amide bonds. The number of amidine groups is 1. The van der Waals surface area contributed by atoms with Gasteiger partial charge in [-0.1, -0.05) is 38.1 Å². The van der Waals surface area contributed by atoms with Gasteiger partial charge in [0.25, 0.3) is 11.8 Å². The number of carbonyl (C=O) groups excluding carboxylic acids is 5. The molecule has 388 valence electrons. The molecule has 3 heterocycles. The third-order valence-corrected chi connectivity index (χ3v) is 12.6. The van der Waals surface area contributed by atoms with Crippen molar-refractivity contribution in [2.45, 2.75) is 72.0 Å². The quantitative estimate of drug-likeness (QED) is 0.0424. The zero-order valence-corrected chi connectivity index (χ0v) is 42.7. The van der Waals surface area contributed by atoms with Crippen LogP contribution in [0.5, 0.6) is 11.5 Å². The highest BCUT2D eigenvalue weighted by atomic mass is 16.5. The molecule has 2 fully saturated rings. The molecule has 0 unspecified atom stereocenters. The highest BCUT2D eigenvalue weighted by molar-refractivity contribution is 6.42. The van der Waals surface area contributed by atoms with E-state index in [1.807, 2.05) is 92.1 Å². The molecule has 2 aliphatic rings. The van der Waals surface area contributed by atoms with Crippen molar-refractivity contribution < 1.29 is 33.8 Å². The molecule has 2 aliphatic heterocycles. The van der Waals surface area contributed by atoms with E-state index in [0.29, 0.717) is 94.8 Å². The zero-order chi connectivity index (χ0) is 51.9. The summed E-state index contributed by atoms with van der Waals surface area (Å²) in [5, 5.41) is 37.0. The standard InChI is InChI=1S/C51H72N14O7/c1-8-53-50(70)46(59-60(5)6)56-37-14-10-35(11-15-37)32-61-22-26-63(27-23-61)44(67)19-18-41(52)49(69)55-21-20-45(68)64-28-24-62(25-29-64)33-36-12-16-38(17-13-36)65-47(57-58-48(65)51(71)54-9-2)40-30-39(34(3)4)43(72-7)31-42(40)66/h10-17,30-31,34,41,66H,8-9,18-29,32-33,52H2,1-7H3,(H,53,70)(H,54,71)(H,55,69)(H,56,59)/t41-/m1/s1. The van der Waals surface area contributed by atoms with Gasteiger partial charge < -0.3 is 51.7 Å². The molecule has 3 aromatic carbocycles. The summed E-state index contributed by atoms with van der Waals surface area (Å²) >= 11 is 0. The third-order valence-electron chi connectivity index (χ3n) is 12.6. The van der Waals surface area contributed by atoms with E-state index in [1.54, 1.807) is 36.8 Å². The third kappa shape index (κ3) is 14.5. The molecule has 72 heavy (non-hydrogen) atoms. The normalized spacial score (nSPS) is 15.0. The summed E-state index contributed by atoms with van der Waals surface area (Å²) in [6.07, 6.45) is 0.505. The number of nitrogens with two attached hydrogens (primary N) is 1. The van der Waals surface area contributed by atoms with E-state index < -0.39 is 11.9 Å². The van der Waals surface area contributed by atoms with Gasteiger partial charge in [0.1, 0.15) is 11.5 Å². The van der Waals surface area contributed by atoms with E-state index in [9.17, 15) is 29.1 Å². The van der Waals surface area contributed by atoms with Crippen LogP contribution in [0.2, 0.25) is 0 Å². The highest BCUT2D eigenvalue weighted by Crippen LogP contribution is 2.39. The maximum Gasteiger partial charge on any atom is 0.289 e. The van der Waals surface area contributed by atoms with Crippen LogP contribution in [-0.2, 0) is 32.3 Å². The second-order valence-corrected chi connectivity index (χ2v) is 18.5.